The molecule has 9 heteroatoms. The fourth-order valence-electron chi connectivity index (χ4n) is 5.86. The summed E-state index contributed by atoms with van der Waals surface area (Å²) >= 11 is 0. The van der Waals surface area contributed by atoms with Crippen LogP contribution in [0.25, 0.3) is 11.1 Å². The van der Waals surface area contributed by atoms with Crippen LogP contribution in [0.3, 0.4) is 0 Å². The van der Waals surface area contributed by atoms with Gasteiger partial charge in [0.05, 0.1) is 17.2 Å². The van der Waals surface area contributed by atoms with Gasteiger partial charge >= 0.3 is 13.2 Å². The molecule has 1 unspecified atom stereocenters. The Bertz CT molecular complexity index is 1240. The number of nitrogens with two attached hydrogens (primary N) is 1. The number of amides is 1. The van der Waals surface area contributed by atoms with E-state index in [1.807, 2.05) is 59.4 Å². The number of ether oxygens (including phenoxy) is 2. The molecule has 4 heterocycles. The van der Waals surface area contributed by atoms with Gasteiger partial charge in [-0.2, -0.15) is 0 Å². The lowest BCUT2D eigenvalue weighted by Gasteiger charge is -2.32. The van der Waals surface area contributed by atoms with E-state index in [4.69, 9.17) is 24.5 Å². The van der Waals surface area contributed by atoms with Crippen molar-refractivity contribution in [1.82, 2.24) is 9.88 Å². The lowest BCUT2D eigenvalue weighted by molar-refractivity contribution is 0.00578. The Morgan fingerprint density at radius 2 is 1.70 bits per heavy atom. The van der Waals surface area contributed by atoms with Crippen LogP contribution in [0.5, 0.6) is 0 Å². The van der Waals surface area contributed by atoms with Gasteiger partial charge in [0, 0.05) is 31.4 Å². The Hall–Kier alpha value is -2.62. The molecule has 3 aliphatic heterocycles. The highest BCUT2D eigenvalue weighted by atomic mass is 16.7. The van der Waals surface area contributed by atoms with E-state index in [0.29, 0.717) is 18.3 Å². The van der Waals surface area contributed by atoms with Crippen LogP contribution in [-0.2, 0) is 18.8 Å². The van der Waals surface area contributed by atoms with Gasteiger partial charge < -0.3 is 29.4 Å². The standard InChI is InChI=1S/C31H44BN3O5/c1-29(2,3)38-28(36)35-14-8-9-26(35)24-17-21(10-11-23(24)20-12-15-37-16-13-20)22-18-25(27(33)34-19-22)32-39-30(4,5)31(6,7)40-32/h10-11,17-20,26H,8-9,12-16H2,1-7H3,(H2,33,34). The maximum absolute atomic E-state index is 13.3. The molecule has 40 heavy (non-hydrogen) atoms. The fourth-order valence-corrected chi connectivity index (χ4v) is 5.86. The van der Waals surface area contributed by atoms with E-state index in [9.17, 15) is 4.79 Å². The van der Waals surface area contributed by atoms with Gasteiger partial charge in [-0.05, 0) is 114 Å². The van der Waals surface area contributed by atoms with Crippen molar-refractivity contribution in [2.24, 2.45) is 0 Å². The minimum Gasteiger partial charge on any atom is -0.444 e. The smallest absolute Gasteiger partial charge is 0.444 e. The first-order valence-corrected chi connectivity index (χ1v) is 14.6. The molecule has 0 aliphatic carbocycles. The van der Waals surface area contributed by atoms with Gasteiger partial charge in [0.1, 0.15) is 11.4 Å². The third kappa shape index (κ3) is 5.74. The molecule has 3 aliphatic rings. The average molecular weight is 550 g/mol. The number of benzene rings is 1. The Kier molecular flexibility index (Phi) is 7.70. The summed E-state index contributed by atoms with van der Waals surface area (Å²) in [5.74, 6) is 0.789. The van der Waals surface area contributed by atoms with E-state index >= 15 is 0 Å². The van der Waals surface area contributed by atoms with Gasteiger partial charge in [0.2, 0.25) is 0 Å². The summed E-state index contributed by atoms with van der Waals surface area (Å²) in [7, 11) is -0.601. The van der Waals surface area contributed by atoms with E-state index < -0.39 is 23.9 Å². The molecule has 0 spiro atoms. The quantitative estimate of drug-likeness (QED) is 0.497. The highest BCUT2D eigenvalue weighted by Gasteiger charge is 2.52. The molecule has 0 radical (unpaired) electrons. The Labute approximate surface area is 239 Å². The second-order valence-corrected chi connectivity index (χ2v) is 13.3. The maximum atomic E-state index is 13.3. The number of hydrogen-bond donors (Lipinski definition) is 1. The van der Waals surface area contributed by atoms with E-state index in [1.165, 1.54) is 11.1 Å². The second-order valence-electron chi connectivity index (χ2n) is 13.3. The van der Waals surface area contributed by atoms with Crippen LogP contribution in [0.4, 0.5) is 10.6 Å². The van der Waals surface area contributed by atoms with Gasteiger partial charge in [-0.25, -0.2) is 9.78 Å². The van der Waals surface area contributed by atoms with Crippen molar-refractivity contribution in [3.05, 3.63) is 41.6 Å². The molecule has 2 N–H and O–H groups in total. The van der Waals surface area contributed by atoms with Crippen molar-refractivity contribution in [3.8, 4) is 11.1 Å². The van der Waals surface area contributed by atoms with Crippen LogP contribution in [0, 0.1) is 0 Å². The molecule has 1 amide bonds. The molecule has 3 saturated heterocycles. The summed E-state index contributed by atoms with van der Waals surface area (Å²) < 4.78 is 24.1. The third-order valence-corrected chi connectivity index (χ3v) is 8.78. The van der Waals surface area contributed by atoms with Crippen LogP contribution in [-0.4, -0.2) is 59.7 Å². The molecule has 0 saturated carbocycles. The lowest BCUT2D eigenvalue weighted by atomic mass is 9.78. The number of hydrogen-bond acceptors (Lipinski definition) is 7. The predicted octanol–water partition coefficient (Wildman–Crippen LogP) is 5.60. The number of pyridine rings is 1. The summed E-state index contributed by atoms with van der Waals surface area (Å²) in [5.41, 5.74) is 9.98. The molecule has 1 aromatic heterocycles. The van der Waals surface area contributed by atoms with Crippen LogP contribution >= 0.6 is 0 Å². The van der Waals surface area contributed by atoms with Crippen molar-refractivity contribution in [2.75, 3.05) is 25.5 Å². The van der Waals surface area contributed by atoms with Gasteiger partial charge in [0.15, 0.2) is 0 Å². The Balaban J connectivity index is 1.53. The van der Waals surface area contributed by atoms with Gasteiger partial charge in [-0.3, -0.25) is 0 Å². The molecular formula is C31H44BN3O5. The summed E-state index contributed by atoms with van der Waals surface area (Å²) in [6, 6.07) is 8.61. The number of likely N-dealkylation sites (tertiary alicyclic amines) is 1. The van der Waals surface area contributed by atoms with Gasteiger partial charge in [-0.15, -0.1) is 0 Å². The highest BCUT2D eigenvalue weighted by molar-refractivity contribution is 6.63. The number of rotatable bonds is 4. The number of carbonyl (C=O) groups excluding carboxylic acids is 1. The van der Waals surface area contributed by atoms with Gasteiger partial charge in [-0.1, -0.05) is 12.1 Å². The minimum atomic E-state index is -0.601. The van der Waals surface area contributed by atoms with E-state index in [2.05, 4.69) is 23.2 Å². The zero-order valence-corrected chi connectivity index (χ0v) is 25.1. The fraction of sp³-hybridized carbons (Fsp3) is 0.613. The van der Waals surface area contributed by atoms with Crippen LogP contribution in [0.2, 0.25) is 0 Å². The molecule has 216 valence electrons. The van der Waals surface area contributed by atoms with Crippen LogP contribution < -0.4 is 11.2 Å². The topological polar surface area (TPSA) is 96.1 Å². The molecule has 3 fully saturated rings. The van der Waals surface area contributed by atoms with Crippen molar-refractivity contribution >= 4 is 24.5 Å². The van der Waals surface area contributed by atoms with Crippen molar-refractivity contribution in [1.29, 1.82) is 0 Å². The maximum Gasteiger partial charge on any atom is 0.498 e. The summed E-state index contributed by atoms with van der Waals surface area (Å²) in [5, 5.41) is 0. The van der Waals surface area contributed by atoms with Crippen molar-refractivity contribution < 1.29 is 23.6 Å². The molecular weight excluding hydrogens is 505 g/mol. The third-order valence-electron chi connectivity index (χ3n) is 8.78. The van der Waals surface area contributed by atoms with Crippen molar-refractivity contribution in [3.63, 3.8) is 0 Å². The zero-order valence-electron chi connectivity index (χ0n) is 25.1. The number of carbonyl (C=O) groups is 1. The average Bonchev–Trinajstić information content (AvgIpc) is 3.45. The Morgan fingerprint density at radius 1 is 1.02 bits per heavy atom. The zero-order chi connectivity index (χ0) is 28.9. The first-order chi connectivity index (χ1) is 18.8. The summed E-state index contributed by atoms with van der Waals surface area (Å²) in [4.78, 5) is 19.7. The molecule has 2 aromatic rings. The van der Waals surface area contributed by atoms with Crippen molar-refractivity contribution in [2.45, 2.75) is 103 Å². The van der Waals surface area contributed by atoms with Crippen LogP contribution in [0.15, 0.2) is 30.5 Å². The number of aromatic nitrogens is 1. The number of nitrogen functional groups attached to an aromatic ring is 1. The first-order valence-electron chi connectivity index (χ1n) is 14.6. The second kappa shape index (κ2) is 10.7. The number of anilines is 1. The first kappa shape index (κ1) is 28.9. The Morgan fingerprint density at radius 3 is 2.35 bits per heavy atom. The van der Waals surface area contributed by atoms with Crippen LogP contribution in [0.1, 0.15) is 97.2 Å². The SMILES string of the molecule is CC(C)(C)OC(=O)N1CCCC1c1cc(-c2cnc(N)c(B3OC(C)(C)C(C)(C)O3)c2)ccc1C1CCOCC1. The monoisotopic (exact) mass is 549 g/mol. The van der Waals surface area contributed by atoms with E-state index in [0.717, 1.165) is 55.5 Å². The largest absolute Gasteiger partial charge is 0.498 e. The summed E-state index contributed by atoms with van der Waals surface area (Å²) in [6.45, 7) is 16.0. The lowest BCUT2D eigenvalue weighted by Crippen LogP contribution is -2.41. The normalized spacial score (nSPS) is 23.0. The molecule has 0 bridgehead atoms. The van der Waals surface area contributed by atoms with Gasteiger partial charge in [0.25, 0.3) is 0 Å². The molecule has 8 nitrogen and oxygen atoms in total. The van der Waals surface area contributed by atoms with E-state index in [1.54, 1.807) is 6.20 Å². The molecule has 5 rings (SSSR count). The summed E-state index contributed by atoms with van der Waals surface area (Å²) in [6.07, 6.45) is 5.34. The predicted molar refractivity (Wildman–Crippen MR) is 158 cm³/mol. The minimum absolute atomic E-state index is 0.0445. The highest BCUT2D eigenvalue weighted by Crippen LogP contribution is 2.42. The molecule has 1 aromatic carbocycles. The van der Waals surface area contributed by atoms with E-state index in [-0.39, 0.29) is 12.1 Å². The number of nitrogens with zero attached hydrogens (tertiary/aromatic N) is 2. The molecule has 1 atom stereocenters.